The topological polar surface area (TPSA) is 105 Å². The molecule has 164 valence electrons. The van der Waals surface area contributed by atoms with Gasteiger partial charge in [0.2, 0.25) is 10.0 Å². The molecule has 0 radical (unpaired) electrons. The number of benzene rings is 2. The van der Waals surface area contributed by atoms with Crippen molar-refractivity contribution in [2.45, 2.75) is 23.4 Å². The standard InChI is InChI=1S/C20H20FN3O6S/c1-29-14-7-8-16(30-2)17(11-14)31(27,28)23-10-9-15-18(23)19(25)24(20(26)22-15)13-5-3-12(21)4-6-13/h3-8,11,15,18H,9-10H2,1-2H3,(H,22,26)/t15-,18+/m1/s1. The van der Waals surface area contributed by atoms with Crippen LogP contribution >= 0.6 is 0 Å². The number of anilines is 1. The van der Waals surface area contributed by atoms with Crippen LogP contribution in [0.4, 0.5) is 14.9 Å². The highest BCUT2D eigenvalue weighted by Crippen LogP contribution is 2.36. The van der Waals surface area contributed by atoms with Gasteiger partial charge in [0.05, 0.1) is 25.9 Å². The van der Waals surface area contributed by atoms with Gasteiger partial charge in [-0.2, -0.15) is 4.31 Å². The Morgan fingerprint density at radius 3 is 2.42 bits per heavy atom. The molecule has 31 heavy (non-hydrogen) atoms. The fraction of sp³-hybridized carbons (Fsp3) is 0.300. The van der Waals surface area contributed by atoms with Crippen LogP contribution in [-0.2, 0) is 14.8 Å². The molecule has 1 N–H and O–H groups in total. The van der Waals surface area contributed by atoms with Crippen molar-refractivity contribution in [3.8, 4) is 11.5 Å². The van der Waals surface area contributed by atoms with Gasteiger partial charge in [0.25, 0.3) is 5.91 Å². The average molecular weight is 449 g/mol. The van der Waals surface area contributed by atoms with E-state index in [4.69, 9.17) is 9.47 Å². The minimum Gasteiger partial charge on any atom is -0.497 e. The molecule has 2 aromatic carbocycles. The molecule has 9 nitrogen and oxygen atoms in total. The van der Waals surface area contributed by atoms with Crippen molar-refractivity contribution < 1.29 is 31.9 Å². The monoisotopic (exact) mass is 449 g/mol. The van der Waals surface area contributed by atoms with E-state index in [-0.39, 0.29) is 29.3 Å². The van der Waals surface area contributed by atoms with Gasteiger partial charge in [-0.15, -0.1) is 0 Å². The number of ether oxygens (including phenoxy) is 2. The highest BCUT2D eigenvalue weighted by atomic mass is 32.2. The van der Waals surface area contributed by atoms with Crippen molar-refractivity contribution in [3.63, 3.8) is 0 Å². The summed E-state index contributed by atoms with van der Waals surface area (Å²) >= 11 is 0. The normalized spacial score (nSPS) is 21.6. The lowest BCUT2D eigenvalue weighted by Gasteiger charge is -2.36. The van der Waals surface area contributed by atoms with Gasteiger partial charge in [0.15, 0.2) is 0 Å². The minimum absolute atomic E-state index is 0.0291. The molecule has 0 aliphatic carbocycles. The Morgan fingerprint density at radius 2 is 1.77 bits per heavy atom. The summed E-state index contributed by atoms with van der Waals surface area (Å²) in [6.45, 7) is 0.0291. The van der Waals surface area contributed by atoms with Crippen molar-refractivity contribution >= 4 is 27.6 Å². The Bertz CT molecular complexity index is 1140. The number of nitrogens with zero attached hydrogens (tertiary/aromatic N) is 2. The van der Waals surface area contributed by atoms with E-state index in [1.54, 1.807) is 6.07 Å². The van der Waals surface area contributed by atoms with E-state index in [1.807, 2.05) is 0 Å². The summed E-state index contributed by atoms with van der Waals surface area (Å²) < 4.78 is 51.7. The van der Waals surface area contributed by atoms with E-state index < -0.39 is 39.9 Å². The Labute approximate surface area is 178 Å². The first-order valence-electron chi connectivity index (χ1n) is 9.42. The maximum Gasteiger partial charge on any atom is 0.329 e. The van der Waals surface area contributed by atoms with Gasteiger partial charge in [-0.05, 0) is 42.8 Å². The van der Waals surface area contributed by atoms with E-state index in [0.29, 0.717) is 5.75 Å². The van der Waals surface area contributed by atoms with Gasteiger partial charge in [-0.3, -0.25) is 4.79 Å². The van der Waals surface area contributed by atoms with E-state index in [0.717, 1.165) is 21.3 Å². The minimum atomic E-state index is -4.18. The summed E-state index contributed by atoms with van der Waals surface area (Å²) in [6, 6.07) is 6.64. The maximum absolute atomic E-state index is 13.5. The van der Waals surface area contributed by atoms with Crippen LogP contribution in [0.2, 0.25) is 0 Å². The predicted octanol–water partition coefficient (Wildman–Crippen LogP) is 1.73. The zero-order chi connectivity index (χ0) is 22.3. The predicted molar refractivity (Wildman–Crippen MR) is 108 cm³/mol. The van der Waals surface area contributed by atoms with E-state index in [9.17, 15) is 22.4 Å². The van der Waals surface area contributed by atoms with Crippen LogP contribution in [0.3, 0.4) is 0 Å². The number of sulfonamides is 1. The summed E-state index contributed by atoms with van der Waals surface area (Å²) in [5, 5.41) is 2.69. The van der Waals surface area contributed by atoms with Crippen LogP contribution < -0.4 is 19.7 Å². The smallest absolute Gasteiger partial charge is 0.329 e. The molecule has 2 aliphatic heterocycles. The lowest BCUT2D eigenvalue weighted by Crippen LogP contribution is -2.64. The summed E-state index contributed by atoms with van der Waals surface area (Å²) in [5.41, 5.74) is 0.144. The lowest BCUT2D eigenvalue weighted by molar-refractivity contribution is -0.122. The lowest BCUT2D eigenvalue weighted by atomic mass is 10.1. The van der Waals surface area contributed by atoms with Crippen LogP contribution in [0.1, 0.15) is 6.42 Å². The molecular formula is C20H20FN3O6S. The molecule has 0 aromatic heterocycles. The molecule has 4 rings (SSSR count). The number of hydrogen-bond donors (Lipinski definition) is 1. The Balaban J connectivity index is 1.74. The van der Waals surface area contributed by atoms with Crippen LogP contribution in [0, 0.1) is 5.82 Å². The number of urea groups is 1. The van der Waals surface area contributed by atoms with Crippen LogP contribution in [0.15, 0.2) is 47.4 Å². The molecule has 3 amide bonds. The first-order chi connectivity index (χ1) is 14.8. The number of imide groups is 1. The van der Waals surface area contributed by atoms with E-state index in [2.05, 4.69) is 5.32 Å². The highest BCUT2D eigenvalue weighted by Gasteiger charge is 2.52. The molecule has 11 heteroatoms. The second-order valence-corrected chi connectivity index (χ2v) is 8.93. The summed E-state index contributed by atoms with van der Waals surface area (Å²) in [6.07, 6.45) is 0.269. The third-order valence-corrected chi connectivity index (χ3v) is 7.28. The number of fused-ring (bicyclic) bond motifs is 1. The first kappa shape index (κ1) is 21.1. The van der Waals surface area contributed by atoms with E-state index in [1.165, 1.54) is 38.5 Å². The molecule has 2 aliphatic rings. The first-order valence-corrected chi connectivity index (χ1v) is 10.9. The quantitative estimate of drug-likeness (QED) is 0.746. The van der Waals surface area contributed by atoms with Crippen molar-refractivity contribution in [3.05, 3.63) is 48.3 Å². The van der Waals surface area contributed by atoms with Gasteiger partial charge < -0.3 is 14.8 Å². The molecule has 0 spiro atoms. The van der Waals surface area contributed by atoms with E-state index >= 15 is 0 Å². The molecule has 2 atom stereocenters. The number of halogens is 1. The Morgan fingerprint density at radius 1 is 1.06 bits per heavy atom. The van der Waals surface area contributed by atoms with Crippen molar-refractivity contribution in [1.29, 1.82) is 0 Å². The highest BCUT2D eigenvalue weighted by molar-refractivity contribution is 7.89. The largest absolute Gasteiger partial charge is 0.497 e. The second-order valence-electron chi connectivity index (χ2n) is 7.07. The zero-order valence-corrected chi connectivity index (χ0v) is 17.6. The molecule has 2 aromatic rings. The molecule has 2 fully saturated rings. The summed E-state index contributed by atoms with van der Waals surface area (Å²) in [5.74, 6) is -0.816. The average Bonchev–Trinajstić information content (AvgIpc) is 3.19. The summed E-state index contributed by atoms with van der Waals surface area (Å²) in [4.78, 5) is 26.5. The van der Waals surface area contributed by atoms with Crippen molar-refractivity contribution in [2.24, 2.45) is 0 Å². The third-order valence-electron chi connectivity index (χ3n) is 5.38. The van der Waals surface area contributed by atoms with Gasteiger partial charge in [-0.1, -0.05) is 0 Å². The van der Waals surface area contributed by atoms with Crippen LogP contribution in [0.25, 0.3) is 0 Å². The van der Waals surface area contributed by atoms with Gasteiger partial charge in [0, 0.05) is 12.6 Å². The molecular weight excluding hydrogens is 429 g/mol. The number of nitrogens with one attached hydrogen (secondary N) is 1. The number of amides is 3. The molecule has 0 bridgehead atoms. The van der Waals surface area contributed by atoms with Gasteiger partial charge >= 0.3 is 6.03 Å². The number of carbonyl (C=O) groups excluding carboxylic acids is 2. The zero-order valence-electron chi connectivity index (χ0n) is 16.7. The second kappa shape index (κ2) is 7.82. The van der Waals surface area contributed by atoms with Crippen molar-refractivity contribution in [1.82, 2.24) is 9.62 Å². The Hall–Kier alpha value is -3.18. The third kappa shape index (κ3) is 3.49. The fourth-order valence-electron chi connectivity index (χ4n) is 3.88. The van der Waals surface area contributed by atoms with Gasteiger partial charge in [0.1, 0.15) is 28.3 Å². The summed E-state index contributed by atoms with van der Waals surface area (Å²) in [7, 11) is -1.43. The van der Waals surface area contributed by atoms with Crippen molar-refractivity contribution in [2.75, 3.05) is 25.7 Å². The van der Waals surface area contributed by atoms with Crippen LogP contribution in [-0.4, -0.2) is 57.5 Å². The number of carbonyl (C=O) groups is 2. The molecule has 0 unspecified atom stereocenters. The SMILES string of the molecule is COc1ccc(OC)c(S(=O)(=O)N2CC[C@H]3NC(=O)N(c4ccc(F)cc4)C(=O)[C@H]32)c1. The maximum atomic E-state index is 13.5. The fourth-order valence-corrected chi connectivity index (χ4v) is 5.69. The molecule has 2 saturated heterocycles. The van der Waals surface area contributed by atoms with Gasteiger partial charge in [-0.25, -0.2) is 22.5 Å². The molecule has 2 heterocycles. The number of rotatable bonds is 5. The number of methoxy groups -OCH3 is 2. The Kier molecular flexibility index (Phi) is 5.31. The molecule has 0 saturated carbocycles. The van der Waals surface area contributed by atoms with Crippen LogP contribution in [0.5, 0.6) is 11.5 Å². The number of hydrogen-bond acceptors (Lipinski definition) is 6.